The lowest BCUT2D eigenvalue weighted by atomic mass is 10.2. The minimum atomic E-state index is 0.0774. The number of amides is 1. The molecule has 4 rings (SSSR count). The Bertz CT molecular complexity index is 1040. The predicted molar refractivity (Wildman–Crippen MR) is 121 cm³/mol. The third kappa shape index (κ3) is 4.47. The van der Waals surface area contributed by atoms with E-state index in [0.29, 0.717) is 21.2 Å². The smallest absolute Gasteiger partial charge is 0.237 e. The van der Waals surface area contributed by atoms with Crippen molar-refractivity contribution in [3.8, 4) is 5.69 Å². The Hall–Kier alpha value is -1.96. The lowest BCUT2D eigenvalue weighted by molar-refractivity contribution is -0.116. The van der Waals surface area contributed by atoms with Crippen molar-refractivity contribution >= 4 is 46.7 Å². The molecule has 0 aliphatic carbocycles. The predicted octanol–water partition coefficient (Wildman–Crippen LogP) is 5.24. The number of halogens is 1. The summed E-state index contributed by atoms with van der Waals surface area (Å²) >= 11 is 9.49. The van der Waals surface area contributed by atoms with E-state index in [4.69, 9.17) is 11.6 Å². The fraction of sp³-hybridized carbons (Fsp3) is 0.286. The van der Waals surface area contributed by atoms with Crippen LogP contribution in [-0.2, 0) is 4.79 Å². The summed E-state index contributed by atoms with van der Waals surface area (Å²) in [6, 6.07) is 13.9. The van der Waals surface area contributed by atoms with E-state index in [-0.39, 0.29) is 5.91 Å². The number of rotatable bonds is 4. The first-order chi connectivity index (χ1) is 14.0. The molecule has 150 valence electrons. The number of aromatic nitrogens is 3. The van der Waals surface area contributed by atoms with Gasteiger partial charge in [0.2, 0.25) is 5.91 Å². The fourth-order valence-corrected chi connectivity index (χ4v) is 5.27. The molecule has 0 spiro atoms. The molecule has 8 heteroatoms. The summed E-state index contributed by atoms with van der Waals surface area (Å²) in [7, 11) is 0. The van der Waals surface area contributed by atoms with Gasteiger partial charge in [0.15, 0.2) is 5.16 Å². The van der Waals surface area contributed by atoms with E-state index < -0.39 is 0 Å². The number of thioether (sulfide) groups is 2. The second-order valence-electron chi connectivity index (χ2n) is 6.94. The molecule has 1 aliphatic rings. The highest BCUT2D eigenvalue weighted by Gasteiger charge is 2.24. The van der Waals surface area contributed by atoms with Gasteiger partial charge in [-0.05, 0) is 43.2 Å². The molecule has 1 amide bonds. The maximum atomic E-state index is 13.1. The van der Waals surface area contributed by atoms with Crippen LogP contribution in [0.15, 0.2) is 58.8 Å². The average molecular weight is 445 g/mol. The number of nitrogens with zero attached hydrogens (tertiary/aromatic N) is 4. The van der Waals surface area contributed by atoms with Crippen LogP contribution in [0.5, 0.6) is 0 Å². The summed E-state index contributed by atoms with van der Waals surface area (Å²) in [6.07, 6.45) is 2.61. The Kier molecular flexibility index (Phi) is 6.18. The van der Waals surface area contributed by atoms with Gasteiger partial charge in [0.1, 0.15) is 6.33 Å². The maximum Gasteiger partial charge on any atom is 0.237 e. The highest BCUT2D eigenvalue weighted by atomic mass is 35.5. The molecule has 29 heavy (non-hydrogen) atoms. The first-order valence-corrected chi connectivity index (χ1v) is 11.6. The van der Waals surface area contributed by atoms with Gasteiger partial charge in [-0.2, -0.15) is 0 Å². The van der Waals surface area contributed by atoms with E-state index in [1.54, 1.807) is 6.33 Å². The number of hydrogen-bond donors (Lipinski definition) is 0. The van der Waals surface area contributed by atoms with Crippen LogP contribution in [0.1, 0.15) is 18.9 Å². The van der Waals surface area contributed by atoms with Gasteiger partial charge >= 0.3 is 0 Å². The Balaban J connectivity index is 1.51. The van der Waals surface area contributed by atoms with Gasteiger partial charge in [-0.1, -0.05) is 48.5 Å². The molecule has 0 fully saturated rings. The zero-order chi connectivity index (χ0) is 20.4. The molecule has 1 atom stereocenters. The Labute approximate surface area is 183 Å². The average Bonchev–Trinajstić information content (AvgIpc) is 3.11. The van der Waals surface area contributed by atoms with Crippen molar-refractivity contribution in [2.75, 3.05) is 17.2 Å². The maximum absolute atomic E-state index is 13.1. The highest BCUT2D eigenvalue weighted by molar-refractivity contribution is 8.00. The summed E-state index contributed by atoms with van der Waals surface area (Å²) in [6.45, 7) is 4.90. The SMILES string of the molecule is Cc1ccc(-n2cnnc2SCC(=O)N2CCC(C)Sc3ccccc32)cc1Cl. The zero-order valence-electron chi connectivity index (χ0n) is 16.2. The molecule has 2 aromatic carbocycles. The third-order valence-electron chi connectivity index (χ3n) is 4.82. The van der Waals surface area contributed by atoms with Crippen molar-refractivity contribution in [1.82, 2.24) is 14.8 Å². The van der Waals surface area contributed by atoms with E-state index in [0.717, 1.165) is 34.8 Å². The van der Waals surface area contributed by atoms with Crippen LogP contribution in [0.25, 0.3) is 5.69 Å². The second kappa shape index (κ2) is 8.81. The van der Waals surface area contributed by atoms with Crippen molar-refractivity contribution in [2.45, 2.75) is 35.6 Å². The molecule has 0 saturated heterocycles. The summed E-state index contributed by atoms with van der Waals surface area (Å²) < 4.78 is 1.86. The van der Waals surface area contributed by atoms with Gasteiger partial charge in [-0.15, -0.1) is 22.0 Å². The first kappa shape index (κ1) is 20.3. The second-order valence-corrected chi connectivity index (χ2v) is 9.77. The van der Waals surface area contributed by atoms with Crippen LogP contribution in [0.2, 0.25) is 5.02 Å². The van der Waals surface area contributed by atoms with E-state index in [1.807, 2.05) is 64.6 Å². The standard InChI is InChI=1S/C21H21ClN4OS2/c1-14-7-8-16(11-17(14)22)26-13-23-24-21(26)28-12-20(27)25-10-9-15(2)29-19-6-4-3-5-18(19)25/h3-8,11,13,15H,9-10,12H2,1-2H3. The number of hydrogen-bond acceptors (Lipinski definition) is 5. The van der Waals surface area contributed by atoms with Gasteiger partial charge in [0.25, 0.3) is 0 Å². The molecule has 1 unspecified atom stereocenters. The van der Waals surface area contributed by atoms with Crippen LogP contribution >= 0.6 is 35.1 Å². The van der Waals surface area contributed by atoms with Gasteiger partial charge in [-0.3, -0.25) is 9.36 Å². The molecule has 0 radical (unpaired) electrons. The van der Waals surface area contributed by atoms with E-state index in [1.165, 1.54) is 11.8 Å². The number of fused-ring (bicyclic) bond motifs is 1. The quantitative estimate of drug-likeness (QED) is 0.515. The van der Waals surface area contributed by atoms with Crippen LogP contribution in [0, 0.1) is 6.92 Å². The van der Waals surface area contributed by atoms with E-state index in [9.17, 15) is 4.79 Å². The number of benzene rings is 2. The summed E-state index contributed by atoms with van der Waals surface area (Å²) in [4.78, 5) is 16.1. The van der Waals surface area contributed by atoms with E-state index in [2.05, 4.69) is 23.2 Å². The van der Waals surface area contributed by atoms with Crippen molar-refractivity contribution in [1.29, 1.82) is 0 Å². The van der Waals surface area contributed by atoms with Crippen molar-refractivity contribution in [2.24, 2.45) is 0 Å². The van der Waals surface area contributed by atoms with Gasteiger partial charge in [0.05, 0.1) is 17.1 Å². The molecule has 1 aromatic heterocycles. The number of aryl methyl sites for hydroxylation is 1. The Morgan fingerprint density at radius 2 is 2.14 bits per heavy atom. The number of carbonyl (C=O) groups excluding carboxylic acids is 1. The molecule has 0 bridgehead atoms. The van der Waals surface area contributed by atoms with Gasteiger partial charge in [0, 0.05) is 21.7 Å². The first-order valence-electron chi connectivity index (χ1n) is 9.38. The summed E-state index contributed by atoms with van der Waals surface area (Å²) in [5, 5.41) is 10.1. The molecule has 2 heterocycles. The van der Waals surface area contributed by atoms with Crippen molar-refractivity contribution in [3.05, 3.63) is 59.4 Å². The molecule has 0 N–H and O–H groups in total. The largest absolute Gasteiger partial charge is 0.311 e. The molecule has 3 aromatic rings. The van der Waals surface area contributed by atoms with Gasteiger partial charge < -0.3 is 4.90 Å². The Morgan fingerprint density at radius 3 is 2.97 bits per heavy atom. The van der Waals surface area contributed by atoms with Crippen LogP contribution in [0.4, 0.5) is 5.69 Å². The van der Waals surface area contributed by atoms with Crippen molar-refractivity contribution < 1.29 is 4.79 Å². The monoisotopic (exact) mass is 444 g/mol. The van der Waals surface area contributed by atoms with Crippen LogP contribution < -0.4 is 4.90 Å². The third-order valence-corrected chi connectivity index (χ3v) is 7.39. The zero-order valence-corrected chi connectivity index (χ0v) is 18.6. The number of para-hydroxylation sites is 1. The normalized spacial score (nSPS) is 16.4. The molecule has 0 saturated carbocycles. The van der Waals surface area contributed by atoms with Gasteiger partial charge in [-0.25, -0.2) is 0 Å². The topological polar surface area (TPSA) is 51.0 Å². The number of anilines is 1. The lowest BCUT2D eigenvalue weighted by Gasteiger charge is -2.22. The molecular weight excluding hydrogens is 424 g/mol. The van der Waals surface area contributed by atoms with Crippen LogP contribution in [-0.4, -0.2) is 38.2 Å². The lowest BCUT2D eigenvalue weighted by Crippen LogP contribution is -2.33. The van der Waals surface area contributed by atoms with Crippen LogP contribution in [0.3, 0.4) is 0 Å². The minimum Gasteiger partial charge on any atom is -0.311 e. The number of carbonyl (C=O) groups is 1. The summed E-state index contributed by atoms with van der Waals surface area (Å²) in [5.74, 6) is 0.375. The van der Waals surface area contributed by atoms with E-state index >= 15 is 0 Å². The summed E-state index contributed by atoms with van der Waals surface area (Å²) in [5.41, 5.74) is 2.89. The minimum absolute atomic E-state index is 0.0774. The molecule has 1 aliphatic heterocycles. The Morgan fingerprint density at radius 1 is 1.31 bits per heavy atom. The van der Waals surface area contributed by atoms with Crippen molar-refractivity contribution in [3.63, 3.8) is 0 Å². The molecule has 5 nitrogen and oxygen atoms in total. The fourth-order valence-electron chi connectivity index (χ4n) is 3.18. The highest BCUT2D eigenvalue weighted by Crippen LogP contribution is 2.37. The molecular formula is C21H21ClN4OS2.